The molecule has 19 heavy (non-hydrogen) atoms. The van der Waals surface area contributed by atoms with Gasteiger partial charge in [0.15, 0.2) is 12.4 Å². The third-order valence-corrected chi connectivity index (χ3v) is 3.36. The van der Waals surface area contributed by atoms with E-state index in [-0.39, 0.29) is 18.3 Å². The molecule has 1 amide bonds. The minimum Gasteiger partial charge on any atom is -0.451 e. The van der Waals surface area contributed by atoms with Crippen molar-refractivity contribution in [1.82, 2.24) is 5.32 Å². The Morgan fingerprint density at radius 1 is 1.26 bits per heavy atom. The molecule has 1 aromatic heterocycles. The van der Waals surface area contributed by atoms with Crippen molar-refractivity contribution in [3.8, 4) is 0 Å². The molecule has 1 N–H and O–H groups in total. The lowest BCUT2D eigenvalue weighted by molar-refractivity contribution is -0.124. The second-order valence-electron chi connectivity index (χ2n) is 4.49. The summed E-state index contributed by atoms with van der Waals surface area (Å²) in [6.45, 7) is 5.62. The molecule has 0 spiro atoms. The monoisotopic (exact) mass is 283 g/mol. The Hall–Kier alpha value is -1.69. The lowest BCUT2D eigenvalue weighted by atomic mass is 10.2. The van der Waals surface area contributed by atoms with E-state index in [1.54, 1.807) is 6.07 Å². The summed E-state index contributed by atoms with van der Waals surface area (Å²) >= 11 is 1.06. The summed E-state index contributed by atoms with van der Waals surface area (Å²) in [5.74, 6) is -0.670. The molecule has 0 aliphatic carbocycles. The summed E-state index contributed by atoms with van der Waals surface area (Å²) in [6, 6.07) is 3.10. The maximum absolute atomic E-state index is 11.6. The van der Waals surface area contributed by atoms with Gasteiger partial charge in [0.1, 0.15) is 4.88 Å². The smallest absolute Gasteiger partial charge is 0.348 e. The fourth-order valence-corrected chi connectivity index (χ4v) is 2.00. The van der Waals surface area contributed by atoms with Crippen LogP contribution in [0.2, 0.25) is 0 Å². The van der Waals surface area contributed by atoms with E-state index in [1.807, 2.05) is 13.8 Å². The average Bonchev–Trinajstić information content (AvgIpc) is 2.83. The molecule has 1 heterocycles. The van der Waals surface area contributed by atoms with Crippen molar-refractivity contribution in [2.24, 2.45) is 5.92 Å². The minimum absolute atomic E-state index is 0.0984. The number of nitrogens with one attached hydrogen (secondary N) is 1. The highest BCUT2D eigenvalue weighted by Crippen LogP contribution is 2.17. The molecule has 0 unspecified atom stereocenters. The number of Topliss-reactive ketones (excluding diaryl/α,β-unsaturated/α-hetero) is 1. The first-order valence-electron chi connectivity index (χ1n) is 5.94. The molecule has 0 aliphatic rings. The van der Waals surface area contributed by atoms with Crippen LogP contribution in [0.25, 0.3) is 0 Å². The van der Waals surface area contributed by atoms with Crippen LogP contribution in [0.1, 0.15) is 40.1 Å². The number of ether oxygens (including phenoxy) is 1. The first-order valence-corrected chi connectivity index (χ1v) is 6.76. The maximum atomic E-state index is 11.6. The highest BCUT2D eigenvalue weighted by Gasteiger charge is 2.14. The van der Waals surface area contributed by atoms with Crippen molar-refractivity contribution in [3.05, 3.63) is 21.9 Å². The molecule has 0 saturated carbocycles. The fraction of sp³-hybridized carbons (Fsp3) is 0.462. The summed E-state index contributed by atoms with van der Waals surface area (Å²) in [5, 5.41) is 2.65. The van der Waals surface area contributed by atoms with E-state index in [0.717, 1.165) is 11.3 Å². The van der Waals surface area contributed by atoms with Crippen molar-refractivity contribution in [3.63, 3.8) is 0 Å². The number of ketones is 1. The molecule has 104 valence electrons. The number of rotatable bonds is 6. The van der Waals surface area contributed by atoms with Gasteiger partial charge in [-0.3, -0.25) is 9.59 Å². The molecular formula is C13H17NO4S. The van der Waals surface area contributed by atoms with Gasteiger partial charge >= 0.3 is 5.97 Å². The second kappa shape index (κ2) is 7.04. The number of amides is 1. The Morgan fingerprint density at radius 2 is 1.89 bits per heavy atom. The molecule has 0 saturated heterocycles. The van der Waals surface area contributed by atoms with Gasteiger partial charge < -0.3 is 10.1 Å². The second-order valence-corrected chi connectivity index (χ2v) is 5.58. The fourth-order valence-electron chi connectivity index (χ4n) is 1.21. The van der Waals surface area contributed by atoms with Crippen molar-refractivity contribution in [2.75, 3.05) is 13.2 Å². The van der Waals surface area contributed by atoms with Crippen LogP contribution >= 0.6 is 11.3 Å². The van der Waals surface area contributed by atoms with E-state index in [2.05, 4.69) is 5.32 Å². The molecule has 0 aromatic carbocycles. The van der Waals surface area contributed by atoms with Gasteiger partial charge in [0, 0.05) is 6.54 Å². The quantitative estimate of drug-likeness (QED) is 0.639. The van der Waals surface area contributed by atoms with E-state index >= 15 is 0 Å². The van der Waals surface area contributed by atoms with Crippen LogP contribution in [0.5, 0.6) is 0 Å². The van der Waals surface area contributed by atoms with Crippen LogP contribution in [-0.4, -0.2) is 30.8 Å². The number of carbonyl (C=O) groups excluding carboxylic acids is 3. The van der Waals surface area contributed by atoms with E-state index < -0.39 is 5.97 Å². The Labute approximate surface area is 116 Å². The van der Waals surface area contributed by atoms with Gasteiger partial charge in [-0.25, -0.2) is 4.79 Å². The highest BCUT2D eigenvalue weighted by atomic mass is 32.1. The topological polar surface area (TPSA) is 72.5 Å². The Morgan fingerprint density at radius 3 is 2.42 bits per heavy atom. The van der Waals surface area contributed by atoms with Gasteiger partial charge in [0.2, 0.25) is 0 Å². The molecule has 1 rings (SSSR count). The number of hydrogen-bond donors (Lipinski definition) is 1. The lowest BCUT2D eigenvalue weighted by Gasteiger charge is -2.07. The molecule has 1 aromatic rings. The number of carbonyl (C=O) groups is 3. The van der Waals surface area contributed by atoms with Crippen LogP contribution in [0.3, 0.4) is 0 Å². The molecule has 0 fully saturated rings. The van der Waals surface area contributed by atoms with Crippen molar-refractivity contribution in [1.29, 1.82) is 0 Å². The summed E-state index contributed by atoms with van der Waals surface area (Å²) in [6.07, 6.45) is 0. The van der Waals surface area contributed by atoms with Gasteiger partial charge in [-0.2, -0.15) is 0 Å². The third-order valence-electron chi connectivity index (χ3n) is 2.20. The van der Waals surface area contributed by atoms with Gasteiger partial charge in [0.05, 0.1) is 4.88 Å². The van der Waals surface area contributed by atoms with Crippen LogP contribution in [0.4, 0.5) is 0 Å². The predicted molar refractivity (Wildman–Crippen MR) is 72.5 cm³/mol. The number of thiophene rings is 1. The average molecular weight is 283 g/mol. The molecule has 0 bridgehead atoms. The first kappa shape index (κ1) is 15.4. The van der Waals surface area contributed by atoms with Crippen LogP contribution in [0, 0.1) is 5.92 Å². The number of hydrogen-bond acceptors (Lipinski definition) is 5. The minimum atomic E-state index is -0.586. The zero-order valence-electron chi connectivity index (χ0n) is 11.2. The third kappa shape index (κ3) is 5.21. The maximum Gasteiger partial charge on any atom is 0.348 e. The summed E-state index contributed by atoms with van der Waals surface area (Å²) in [7, 11) is 0. The standard InChI is InChI=1S/C13H17NO4S/c1-8(2)6-14-12(16)7-18-13(17)11-5-4-10(19-11)9(3)15/h4-5,8H,6-7H2,1-3H3,(H,14,16). The van der Waals surface area contributed by atoms with E-state index in [0.29, 0.717) is 22.2 Å². The zero-order valence-corrected chi connectivity index (χ0v) is 12.0. The van der Waals surface area contributed by atoms with E-state index in [1.165, 1.54) is 13.0 Å². The normalized spacial score (nSPS) is 10.3. The van der Waals surface area contributed by atoms with Crippen LogP contribution in [-0.2, 0) is 9.53 Å². The van der Waals surface area contributed by atoms with Crippen molar-refractivity contribution >= 4 is 29.0 Å². The summed E-state index contributed by atoms with van der Waals surface area (Å²) < 4.78 is 4.86. The lowest BCUT2D eigenvalue weighted by Crippen LogP contribution is -2.31. The van der Waals surface area contributed by atoms with Crippen LogP contribution in [0.15, 0.2) is 12.1 Å². The van der Waals surface area contributed by atoms with E-state index in [4.69, 9.17) is 4.74 Å². The van der Waals surface area contributed by atoms with Gasteiger partial charge in [-0.1, -0.05) is 13.8 Å². The summed E-state index contributed by atoms with van der Waals surface area (Å²) in [5.41, 5.74) is 0. The van der Waals surface area contributed by atoms with Crippen molar-refractivity contribution in [2.45, 2.75) is 20.8 Å². The largest absolute Gasteiger partial charge is 0.451 e. The van der Waals surface area contributed by atoms with Crippen LogP contribution < -0.4 is 5.32 Å². The molecule has 0 radical (unpaired) electrons. The zero-order chi connectivity index (χ0) is 14.4. The predicted octanol–water partition coefficient (Wildman–Crippen LogP) is 1.88. The SMILES string of the molecule is CC(=O)c1ccc(C(=O)OCC(=O)NCC(C)C)s1. The first-order chi connectivity index (χ1) is 8.90. The van der Waals surface area contributed by atoms with Gasteiger partial charge in [0.25, 0.3) is 5.91 Å². The molecular weight excluding hydrogens is 266 g/mol. The summed E-state index contributed by atoms with van der Waals surface area (Å²) in [4.78, 5) is 34.9. The highest BCUT2D eigenvalue weighted by molar-refractivity contribution is 7.15. The Kier molecular flexibility index (Phi) is 5.69. The van der Waals surface area contributed by atoms with E-state index in [9.17, 15) is 14.4 Å². The molecule has 0 aliphatic heterocycles. The Bertz CT molecular complexity index is 479. The van der Waals surface area contributed by atoms with Crippen molar-refractivity contribution < 1.29 is 19.1 Å². The van der Waals surface area contributed by atoms with Gasteiger partial charge in [-0.05, 0) is 25.0 Å². The Balaban J connectivity index is 2.42. The molecule has 5 nitrogen and oxygen atoms in total. The van der Waals surface area contributed by atoms with Gasteiger partial charge in [-0.15, -0.1) is 11.3 Å². The number of esters is 1. The molecule has 6 heteroatoms. The molecule has 0 atom stereocenters.